The summed E-state index contributed by atoms with van der Waals surface area (Å²) in [5, 5.41) is 19.2. The number of aliphatic hydroxyl groups excluding tert-OH is 2. The van der Waals surface area contributed by atoms with Gasteiger partial charge in [0, 0.05) is 5.41 Å². The van der Waals surface area contributed by atoms with Crippen LogP contribution in [0.4, 0.5) is 0 Å². The van der Waals surface area contributed by atoms with Crippen LogP contribution < -0.4 is 0 Å². The van der Waals surface area contributed by atoms with Gasteiger partial charge in [-0.25, -0.2) is 0 Å². The highest BCUT2D eigenvalue weighted by atomic mass is 16.3. The molecule has 0 aliphatic carbocycles. The summed E-state index contributed by atoms with van der Waals surface area (Å²) in [6.07, 6.45) is -0.617. The van der Waals surface area contributed by atoms with Crippen molar-refractivity contribution in [3.8, 4) is 0 Å². The van der Waals surface area contributed by atoms with Crippen molar-refractivity contribution in [2.75, 3.05) is 6.61 Å². The van der Waals surface area contributed by atoms with Gasteiger partial charge in [-0.05, 0) is 18.1 Å². The number of aryl methyl sites for hydroxylation is 1. The van der Waals surface area contributed by atoms with Crippen molar-refractivity contribution in [2.45, 2.75) is 26.9 Å². The third kappa shape index (κ3) is 2.14. The molecule has 1 aromatic rings. The Morgan fingerprint density at radius 2 is 1.86 bits per heavy atom. The number of benzene rings is 1. The van der Waals surface area contributed by atoms with E-state index in [2.05, 4.69) is 0 Å². The van der Waals surface area contributed by atoms with Crippen LogP contribution in [-0.4, -0.2) is 16.8 Å². The van der Waals surface area contributed by atoms with Crippen LogP contribution in [0.25, 0.3) is 0 Å². The molecule has 2 nitrogen and oxygen atoms in total. The van der Waals surface area contributed by atoms with E-state index in [1.165, 1.54) is 0 Å². The van der Waals surface area contributed by atoms with Gasteiger partial charge in [0.15, 0.2) is 0 Å². The summed E-state index contributed by atoms with van der Waals surface area (Å²) < 4.78 is 0. The Bertz CT molecular complexity index is 305. The molecule has 2 N–H and O–H groups in total. The molecule has 0 saturated heterocycles. The third-order valence-electron chi connectivity index (χ3n) is 2.63. The lowest BCUT2D eigenvalue weighted by atomic mass is 9.82. The van der Waals surface area contributed by atoms with Crippen LogP contribution in [0.5, 0.6) is 0 Å². The Hall–Kier alpha value is -0.860. The molecule has 0 fully saturated rings. The quantitative estimate of drug-likeness (QED) is 0.773. The molecule has 0 heterocycles. The minimum Gasteiger partial charge on any atom is -0.396 e. The molecule has 1 rings (SSSR count). The van der Waals surface area contributed by atoms with Crippen molar-refractivity contribution in [1.29, 1.82) is 0 Å². The molecule has 0 radical (unpaired) electrons. The second-order valence-corrected chi connectivity index (χ2v) is 4.41. The molecule has 0 aliphatic rings. The summed E-state index contributed by atoms with van der Waals surface area (Å²) in [5.74, 6) is 0. The zero-order valence-corrected chi connectivity index (χ0v) is 8.99. The van der Waals surface area contributed by atoms with Crippen molar-refractivity contribution < 1.29 is 10.2 Å². The van der Waals surface area contributed by atoms with Gasteiger partial charge < -0.3 is 10.2 Å². The van der Waals surface area contributed by atoms with Gasteiger partial charge in [-0.1, -0.05) is 38.1 Å². The molecular weight excluding hydrogens is 176 g/mol. The molecule has 78 valence electrons. The second kappa shape index (κ2) is 4.11. The maximum Gasteiger partial charge on any atom is 0.0865 e. The minimum absolute atomic E-state index is 0.0253. The number of hydrogen-bond acceptors (Lipinski definition) is 2. The maximum absolute atomic E-state index is 10.1. The monoisotopic (exact) mass is 194 g/mol. The van der Waals surface area contributed by atoms with Crippen molar-refractivity contribution in [1.82, 2.24) is 0 Å². The number of aliphatic hydroxyl groups is 2. The smallest absolute Gasteiger partial charge is 0.0865 e. The van der Waals surface area contributed by atoms with E-state index < -0.39 is 11.5 Å². The van der Waals surface area contributed by atoms with Crippen LogP contribution in [-0.2, 0) is 0 Å². The first-order valence-electron chi connectivity index (χ1n) is 4.83. The molecule has 0 spiro atoms. The summed E-state index contributed by atoms with van der Waals surface area (Å²) >= 11 is 0. The summed E-state index contributed by atoms with van der Waals surface area (Å²) in [6, 6.07) is 7.71. The van der Waals surface area contributed by atoms with Crippen molar-refractivity contribution in [3.63, 3.8) is 0 Å². The largest absolute Gasteiger partial charge is 0.396 e. The highest BCUT2D eigenvalue weighted by Crippen LogP contribution is 2.33. The number of rotatable bonds is 3. The summed E-state index contributed by atoms with van der Waals surface area (Å²) in [7, 11) is 0. The Morgan fingerprint density at radius 1 is 1.29 bits per heavy atom. The zero-order valence-electron chi connectivity index (χ0n) is 8.99. The SMILES string of the molecule is Cc1ccccc1C(O)C(C)(C)CO. The molecule has 0 aliphatic heterocycles. The van der Waals surface area contributed by atoms with E-state index in [-0.39, 0.29) is 6.61 Å². The molecule has 1 unspecified atom stereocenters. The van der Waals surface area contributed by atoms with Crippen molar-refractivity contribution in [3.05, 3.63) is 35.4 Å². The number of hydrogen-bond donors (Lipinski definition) is 2. The van der Waals surface area contributed by atoms with Gasteiger partial charge in [-0.2, -0.15) is 0 Å². The lowest BCUT2D eigenvalue weighted by Gasteiger charge is -2.29. The Balaban J connectivity index is 3.00. The van der Waals surface area contributed by atoms with Crippen LogP contribution in [0.3, 0.4) is 0 Å². The Labute approximate surface area is 85.2 Å². The summed E-state index contributed by atoms with van der Waals surface area (Å²) in [5.41, 5.74) is 1.46. The average Bonchev–Trinajstić information content (AvgIpc) is 2.17. The van der Waals surface area contributed by atoms with E-state index in [0.717, 1.165) is 11.1 Å². The van der Waals surface area contributed by atoms with Gasteiger partial charge in [-0.3, -0.25) is 0 Å². The molecule has 0 amide bonds. The Kier molecular flexibility index (Phi) is 3.29. The molecule has 14 heavy (non-hydrogen) atoms. The topological polar surface area (TPSA) is 40.5 Å². The maximum atomic E-state index is 10.1. The van der Waals surface area contributed by atoms with Gasteiger partial charge in [0.1, 0.15) is 0 Å². The fourth-order valence-corrected chi connectivity index (χ4v) is 1.40. The van der Waals surface area contributed by atoms with E-state index >= 15 is 0 Å². The van der Waals surface area contributed by atoms with Gasteiger partial charge in [0.2, 0.25) is 0 Å². The van der Waals surface area contributed by atoms with E-state index in [1.807, 2.05) is 45.0 Å². The predicted octanol–water partition coefficient (Wildman–Crippen LogP) is 2.05. The van der Waals surface area contributed by atoms with Crippen LogP contribution >= 0.6 is 0 Å². The van der Waals surface area contributed by atoms with Gasteiger partial charge in [-0.15, -0.1) is 0 Å². The van der Waals surface area contributed by atoms with Crippen molar-refractivity contribution in [2.24, 2.45) is 5.41 Å². The molecule has 0 bridgehead atoms. The summed E-state index contributed by atoms with van der Waals surface area (Å²) in [6.45, 7) is 5.64. The first-order valence-corrected chi connectivity index (χ1v) is 4.83. The van der Waals surface area contributed by atoms with E-state index in [1.54, 1.807) is 0 Å². The lowest BCUT2D eigenvalue weighted by molar-refractivity contribution is 0.00602. The van der Waals surface area contributed by atoms with Gasteiger partial charge in [0.05, 0.1) is 12.7 Å². The normalized spacial score (nSPS) is 14.1. The zero-order chi connectivity index (χ0) is 10.8. The predicted molar refractivity (Wildman–Crippen MR) is 57.0 cm³/mol. The third-order valence-corrected chi connectivity index (χ3v) is 2.63. The summed E-state index contributed by atoms with van der Waals surface area (Å²) in [4.78, 5) is 0. The van der Waals surface area contributed by atoms with Crippen molar-refractivity contribution >= 4 is 0 Å². The van der Waals surface area contributed by atoms with Crippen LogP contribution in [0.2, 0.25) is 0 Å². The lowest BCUT2D eigenvalue weighted by Crippen LogP contribution is -2.26. The molecule has 0 aromatic heterocycles. The standard InChI is InChI=1S/C12H18O2/c1-9-6-4-5-7-10(9)11(14)12(2,3)8-13/h4-7,11,13-14H,8H2,1-3H3. The molecular formula is C12H18O2. The molecule has 2 heteroatoms. The van der Waals surface area contributed by atoms with Crippen LogP contribution in [0.1, 0.15) is 31.1 Å². The van der Waals surface area contributed by atoms with E-state index in [0.29, 0.717) is 0 Å². The second-order valence-electron chi connectivity index (χ2n) is 4.41. The highest BCUT2D eigenvalue weighted by molar-refractivity contribution is 5.28. The molecule has 0 saturated carbocycles. The minimum atomic E-state index is -0.617. The molecule has 1 atom stereocenters. The average molecular weight is 194 g/mol. The van der Waals surface area contributed by atoms with Gasteiger partial charge in [0.25, 0.3) is 0 Å². The van der Waals surface area contributed by atoms with E-state index in [4.69, 9.17) is 5.11 Å². The van der Waals surface area contributed by atoms with Gasteiger partial charge >= 0.3 is 0 Å². The first kappa shape index (κ1) is 11.2. The fraction of sp³-hybridized carbons (Fsp3) is 0.500. The van der Waals surface area contributed by atoms with Crippen LogP contribution in [0, 0.1) is 12.3 Å². The van der Waals surface area contributed by atoms with Crippen LogP contribution in [0.15, 0.2) is 24.3 Å². The first-order chi connectivity index (χ1) is 6.49. The Morgan fingerprint density at radius 3 is 2.36 bits per heavy atom. The molecule has 1 aromatic carbocycles. The fourth-order valence-electron chi connectivity index (χ4n) is 1.40. The highest BCUT2D eigenvalue weighted by Gasteiger charge is 2.28. The van der Waals surface area contributed by atoms with E-state index in [9.17, 15) is 5.11 Å².